The van der Waals surface area contributed by atoms with Crippen LogP contribution in [-0.2, 0) is 6.42 Å². The minimum Gasteiger partial charge on any atom is -0.492 e. The van der Waals surface area contributed by atoms with Gasteiger partial charge in [-0.2, -0.15) is 0 Å². The zero-order valence-corrected chi connectivity index (χ0v) is 9.26. The molecule has 78 valence electrons. The predicted octanol–water partition coefficient (Wildman–Crippen LogP) is 3.08. The van der Waals surface area contributed by atoms with Crippen LogP contribution >= 0.6 is 0 Å². The summed E-state index contributed by atoms with van der Waals surface area (Å²) in [5.74, 6) is 0.951. The first kappa shape index (κ1) is 10.9. The zero-order valence-electron chi connectivity index (χ0n) is 9.26. The van der Waals surface area contributed by atoms with E-state index in [0.29, 0.717) is 6.61 Å². The number of ether oxygens (including phenoxy) is 1. The van der Waals surface area contributed by atoms with Crippen molar-refractivity contribution in [2.75, 3.05) is 18.5 Å². The molecule has 0 aliphatic carbocycles. The quantitative estimate of drug-likeness (QED) is 0.776. The highest BCUT2D eigenvalue weighted by Crippen LogP contribution is 2.25. The maximum atomic E-state index is 5.53. The molecule has 0 saturated heterocycles. The third kappa shape index (κ3) is 2.66. The van der Waals surface area contributed by atoms with Crippen LogP contribution in [0.25, 0.3) is 0 Å². The molecule has 0 saturated carbocycles. The van der Waals surface area contributed by atoms with Crippen molar-refractivity contribution in [2.24, 2.45) is 0 Å². The number of hydrogen-bond acceptors (Lipinski definition) is 2. The van der Waals surface area contributed by atoms with Crippen molar-refractivity contribution >= 4 is 5.69 Å². The molecule has 0 unspecified atom stereocenters. The van der Waals surface area contributed by atoms with Crippen LogP contribution in [0.15, 0.2) is 18.2 Å². The van der Waals surface area contributed by atoms with Crippen LogP contribution in [0.3, 0.4) is 0 Å². The second-order valence-corrected chi connectivity index (χ2v) is 3.15. The Hall–Kier alpha value is -1.18. The minimum atomic E-state index is 0.712. The summed E-state index contributed by atoms with van der Waals surface area (Å²) in [4.78, 5) is 0. The van der Waals surface area contributed by atoms with E-state index in [1.54, 1.807) is 0 Å². The molecule has 0 aliphatic heterocycles. The van der Waals surface area contributed by atoms with E-state index < -0.39 is 0 Å². The lowest BCUT2D eigenvalue weighted by atomic mass is 10.1. The lowest BCUT2D eigenvalue weighted by molar-refractivity contribution is 0.341. The third-order valence-electron chi connectivity index (χ3n) is 2.12. The van der Waals surface area contributed by atoms with Crippen LogP contribution in [-0.4, -0.2) is 13.2 Å². The molecule has 1 aromatic carbocycles. The molecular formula is C12H19NO. The van der Waals surface area contributed by atoms with Crippen LogP contribution in [0.4, 0.5) is 5.69 Å². The average Bonchev–Trinajstić information content (AvgIpc) is 2.21. The Balaban J connectivity index is 2.91. The van der Waals surface area contributed by atoms with Gasteiger partial charge in [-0.05, 0) is 38.0 Å². The lowest BCUT2D eigenvalue weighted by Gasteiger charge is -2.12. The molecule has 0 radical (unpaired) electrons. The van der Waals surface area contributed by atoms with Gasteiger partial charge in [-0.25, -0.2) is 0 Å². The Morgan fingerprint density at radius 3 is 2.57 bits per heavy atom. The van der Waals surface area contributed by atoms with Crippen molar-refractivity contribution in [1.82, 2.24) is 0 Å². The molecule has 14 heavy (non-hydrogen) atoms. The van der Waals surface area contributed by atoms with Gasteiger partial charge < -0.3 is 10.1 Å². The summed E-state index contributed by atoms with van der Waals surface area (Å²) in [6.07, 6.45) is 1.06. The van der Waals surface area contributed by atoms with Gasteiger partial charge >= 0.3 is 0 Å². The van der Waals surface area contributed by atoms with Gasteiger partial charge in [-0.3, -0.25) is 0 Å². The molecule has 1 rings (SSSR count). The maximum absolute atomic E-state index is 5.53. The monoisotopic (exact) mass is 193 g/mol. The summed E-state index contributed by atoms with van der Waals surface area (Å²) in [5, 5.41) is 3.31. The number of nitrogens with one attached hydrogen (secondary N) is 1. The second kappa shape index (κ2) is 5.53. The molecule has 0 aromatic heterocycles. The number of benzene rings is 1. The first-order valence-electron chi connectivity index (χ1n) is 5.31. The van der Waals surface area contributed by atoms with Crippen LogP contribution in [0.2, 0.25) is 0 Å². The van der Waals surface area contributed by atoms with Crippen LogP contribution < -0.4 is 10.1 Å². The summed E-state index contributed by atoms with van der Waals surface area (Å²) >= 11 is 0. The van der Waals surface area contributed by atoms with Gasteiger partial charge in [0.1, 0.15) is 5.75 Å². The Kier molecular flexibility index (Phi) is 4.30. The van der Waals surface area contributed by atoms with E-state index in [4.69, 9.17) is 4.74 Å². The molecule has 0 bridgehead atoms. The molecule has 0 amide bonds. The molecular weight excluding hydrogens is 174 g/mol. The molecule has 1 N–H and O–H groups in total. The zero-order chi connectivity index (χ0) is 10.4. The van der Waals surface area contributed by atoms with Gasteiger partial charge in [0.2, 0.25) is 0 Å². The van der Waals surface area contributed by atoms with E-state index >= 15 is 0 Å². The van der Waals surface area contributed by atoms with Gasteiger partial charge in [0.25, 0.3) is 0 Å². The highest BCUT2D eigenvalue weighted by atomic mass is 16.5. The van der Waals surface area contributed by atoms with E-state index in [1.807, 2.05) is 13.0 Å². The van der Waals surface area contributed by atoms with Crippen LogP contribution in [0, 0.1) is 0 Å². The minimum absolute atomic E-state index is 0.712. The normalized spacial score (nSPS) is 9.93. The SMILES string of the molecule is CCNc1cc(CC)ccc1OCC. The Labute approximate surface area is 86.3 Å². The van der Waals surface area contributed by atoms with Gasteiger partial charge in [0.05, 0.1) is 12.3 Å². The second-order valence-electron chi connectivity index (χ2n) is 3.15. The molecule has 2 heteroatoms. The Bertz CT molecular complexity index is 284. The van der Waals surface area contributed by atoms with Crippen LogP contribution in [0.1, 0.15) is 26.3 Å². The van der Waals surface area contributed by atoms with E-state index in [9.17, 15) is 0 Å². The van der Waals surface area contributed by atoms with E-state index in [0.717, 1.165) is 24.4 Å². The highest BCUT2D eigenvalue weighted by Gasteiger charge is 2.02. The van der Waals surface area contributed by atoms with Crippen LogP contribution in [0.5, 0.6) is 5.75 Å². The van der Waals surface area contributed by atoms with Gasteiger partial charge in [-0.1, -0.05) is 13.0 Å². The van der Waals surface area contributed by atoms with Crippen molar-refractivity contribution in [3.8, 4) is 5.75 Å². The molecule has 0 fully saturated rings. The van der Waals surface area contributed by atoms with E-state index in [2.05, 4.69) is 31.3 Å². The van der Waals surface area contributed by atoms with Crippen molar-refractivity contribution < 1.29 is 4.74 Å². The third-order valence-corrected chi connectivity index (χ3v) is 2.12. The van der Waals surface area contributed by atoms with E-state index in [1.165, 1.54) is 5.56 Å². The maximum Gasteiger partial charge on any atom is 0.142 e. The van der Waals surface area contributed by atoms with Gasteiger partial charge in [0, 0.05) is 6.54 Å². The summed E-state index contributed by atoms with van der Waals surface area (Å²) in [5.41, 5.74) is 2.44. The smallest absolute Gasteiger partial charge is 0.142 e. The first-order chi connectivity index (χ1) is 6.81. The standard InChI is InChI=1S/C12H19NO/c1-4-10-7-8-12(14-6-3)11(9-10)13-5-2/h7-9,13H,4-6H2,1-3H3. The fourth-order valence-electron chi connectivity index (χ4n) is 1.41. The fraction of sp³-hybridized carbons (Fsp3) is 0.500. The topological polar surface area (TPSA) is 21.3 Å². The largest absolute Gasteiger partial charge is 0.492 e. The fourth-order valence-corrected chi connectivity index (χ4v) is 1.41. The highest BCUT2D eigenvalue weighted by molar-refractivity contribution is 5.58. The molecule has 0 aliphatic rings. The Morgan fingerprint density at radius 1 is 1.21 bits per heavy atom. The molecule has 0 heterocycles. The lowest BCUT2D eigenvalue weighted by Crippen LogP contribution is -2.02. The number of rotatable bonds is 5. The molecule has 1 aromatic rings. The Morgan fingerprint density at radius 2 is 2.00 bits per heavy atom. The van der Waals surface area contributed by atoms with E-state index in [-0.39, 0.29) is 0 Å². The predicted molar refractivity (Wildman–Crippen MR) is 61.2 cm³/mol. The molecule has 0 atom stereocenters. The number of hydrogen-bond donors (Lipinski definition) is 1. The van der Waals surface area contributed by atoms with Gasteiger partial charge in [-0.15, -0.1) is 0 Å². The van der Waals surface area contributed by atoms with Crippen molar-refractivity contribution in [2.45, 2.75) is 27.2 Å². The number of aryl methyl sites for hydroxylation is 1. The van der Waals surface area contributed by atoms with Crippen molar-refractivity contribution in [3.05, 3.63) is 23.8 Å². The van der Waals surface area contributed by atoms with Crippen molar-refractivity contribution in [3.63, 3.8) is 0 Å². The molecule has 2 nitrogen and oxygen atoms in total. The summed E-state index contributed by atoms with van der Waals surface area (Å²) < 4.78 is 5.53. The first-order valence-corrected chi connectivity index (χ1v) is 5.31. The summed E-state index contributed by atoms with van der Waals surface area (Å²) in [6.45, 7) is 7.89. The van der Waals surface area contributed by atoms with Gasteiger partial charge in [0.15, 0.2) is 0 Å². The molecule has 0 spiro atoms. The average molecular weight is 193 g/mol. The van der Waals surface area contributed by atoms with Crippen molar-refractivity contribution in [1.29, 1.82) is 0 Å². The summed E-state index contributed by atoms with van der Waals surface area (Å²) in [6, 6.07) is 6.32. The number of anilines is 1. The summed E-state index contributed by atoms with van der Waals surface area (Å²) in [7, 11) is 0.